The lowest BCUT2D eigenvalue weighted by molar-refractivity contribution is -0.107. The van der Waals surface area contributed by atoms with Crippen LogP contribution in [0.15, 0.2) is 12.2 Å². The van der Waals surface area contributed by atoms with Gasteiger partial charge in [-0.25, -0.2) is 0 Å². The van der Waals surface area contributed by atoms with E-state index < -0.39 is 0 Å². The normalized spacial score (nSPS) is 18.6. The van der Waals surface area contributed by atoms with Gasteiger partial charge < -0.3 is 4.84 Å². The van der Waals surface area contributed by atoms with Crippen LogP contribution in [0.25, 0.3) is 0 Å². The molecule has 1 aliphatic heterocycles. The predicted octanol–water partition coefficient (Wildman–Crippen LogP) is 1.06. The van der Waals surface area contributed by atoms with Crippen molar-refractivity contribution in [2.24, 2.45) is 0 Å². The molecule has 0 bridgehead atoms. The smallest absolute Gasteiger partial charge is 0.0575 e. The van der Waals surface area contributed by atoms with Crippen LogP contribution in [0.5, 0.6) is 0 Å². The van der Waals surface area contributed by atoms with Gasteiger partial charge in [-0.15, -0.1) is 0 Å². The van der Waals surface area contributed by atoms with E-state index in [1.54, 1.807) is 7.11 Å². The van der Waals surface area contributed by atoms with Gasteiger partial charge in [0.1, 0.15) is 0 Å². The minimum absolute atomic E-state index is 0. The maximum Gasteiger partial charge on any atom is 0.0575 e. The van der Waals surface area contributed by atoms with E-state index in [0.717, 1.165) is 13.1 Å². The first-order valence-corrected chi connectivity index (χ1v) is 2.37. The first-order chi connectivity index (χ1) is 3.43. The molecule has 8 heavy (non-hydrogen) atoms. The molecule has 2 nitrogen and oxygen atoms in total. The summed E-state index contributed by atoms with van der Waals surface area (Å²) in [5, 5.41) is 1.88. The lowest BCUT2D eigenvalue weighted by atomic mass is 10.6. The van der Waals surface area contributed by atoms with Crippen molar-refractivity contribution in [1.82, 2.24) is 5.06 Å². The SMILES string of the molecule is C.CON1CC=CC1. The first kappa shape index (κ1) is 7.66. The monoisotopic (exact) mass is 115 g/mol. The Morgan fingerprint density at radius 2 is 1.88 bits per heavy atom. The molecule has 0 saturated heterocycles. The van der Waals surface area contributed by atoms with Gasteiger partial charge in [0.15, 0.2) is 0 Å². The molecule has 0 radical (unpaired) electrons. The first-order valence-electron chi connectivity index (χ1n) is 2.37. The summed E-state index contributed by atoms with van der Waals surface area (Å²) < 4.78 is 0. The van der Waals surface area contributed by atoms with E-state index in [9.17, 15) is 0 Å². The fourth-order valence-corrected chi connectivity index (χ4v) is 0.608. The highest BCUT2D eigenvalue weighted by atomic mass is 16.7. The molecule has 0 saturated carbocycles. The molecule has 0 fully saturated rings. The second-order valence-corrected chi connectivity index (χ2v) is 1.50. The zero-order valence-electron chi connectivity index (χ0n) is 4.42. The third kappa shape index (κ3) is 1.64. The van der Waals surface area contributed by atoms with Crippen molar-refractivity contribution in [2.75, 3.05) is 20.2 Å². The van der Waals surface area contributed by atoms with Crippen LogP contribution in [-0.4, -0.2) is 25.3 Å². The van der Waals surface area contributed by atoms with Crippen molar-refractivity contribution in [3.63, 3.8) is 0 Å². The Hall–Kier alpha value is -0.340. The van der Waals surface area contributed by atoms with Gasteiger partial charge in [0, 0.05) is 13.1 Å². The maximum atomic E-state index is 4.88. The standard InChI is InChI=1S/C5H9NO.CH4/c1-7-6-4-2-3-5-6;/h2-3H,4-5H2,1H3;1H4. The van der Waals surface area contributed by atoms with E-state index in [0.29, 0.717) is 0 Å². The van der Waals surface area contributed by atoms with Crippen molar-refractivity contribution in [1.29, 1.82) is 0 Å². The van der Waals surface area contributed by atoms with E-state index in [-0.39, 0.29) is 7.43 Å². The molecule has 1 aliphatic rings. The molecule has 2 heteroatoms. The minimum Gasteiger partial charge on any atom is -0.302 e. The summed E-state index contributed by atoms with van der Waals surface area (Å²) in [5.74, 6) is 0. The molecule has 1 rings (SSSR count). The summed E-state index contributed by atoms with van der Waals surface area (Å²) in [4.78, 5) is 4.88. The van der Waals surface area contributed by atoms with Crippen molar-refractivity contribution >= 4 is 0 Å². The summed E-state index contributed by atoms with van der Waals surface area (Å²) in [7, 11) is 1.69. The lowest BCUT2D eigenvalue weighted by Gasteiger charge is -2.08. The van der Waals surface area contributed by atoms with Crippen LogP contribution >= 0.6 is 0 Å². The summed E-state index contributed by atoms with van der Waals surface area (Å²) in [6.45, 7) is 1.88. The number of hydroxylamine groups is 2. The second-order valence-electron chi connectivity index (χ2n) is 1.50. The van der Waals surface area contributed by atoms with Crippen LogP contribution in [-0.2, 0) is 4.84 Å². The molecule has 48 valence electrons. The molecule has 0 aromatic carbocycles. The van der Waals surface area contributed by atoms with Crippen molar-refractivity contribution in [3.05, 3.63) is 12.2 Å². The summed E-state index contributed by atoms with van der Waals surface area (Å²) in [5.41, 5.74) is 0. The molecule has 0 N–H and O–H groups in total. The second kappa shape index (κ2) is 3.64. The van der Waals surface area contributed by atoms with Gasteiger partial charge in [0.05, 0.1) is 7.11 Å². The van der Waals surface area contributed by atoms with Gasteiger partial charge in [-0.3, -0.25) is 0 Å². The molecule has 0 unspecified atom stereocenters. The quantitative estimate of drug-likeness (QED) is 0.474. The van der Waals surface area contributed by atoms with Crippen LogP contribution in [0.3, 0.4) is 0 Å². The number of hydrogen-bond acceptors (Lipinski definition) is 2. The van der Waals surface area contributed by atoms with E-state index >= 15 is 0 Å². The van der Waals surface area contributed by atoms with E-state index in [2.05, 4.69) is 12.2 Å². The fraction of sp³-hybridized carbons (Fsp3) is 0.667. The average molecular weight is 115 g/mol. The third-order valence-electron chi connectivity index (χ3n) is 1.04. The zero-order chi connectivity index (χ0) is 5.11. The molecule has 0 atom stereocenters. The topological polar surface area (TPSA) is 12.5 Å². The highest BCUT2D eigenvalue weighted by molar-refractivity contribution is 4.92. The summed E-state index contributed by atoms with van der Waals surface area (Å²) in [6.07, 6.45) is 4.17. The maximum absolute atomic E-state index is 4.88. The van der Waals surface area contributed by atoms with Crippen molar-refractivity contribution in [2.45, 2.75) is 7.43 Å². The third-order valence-corrected chi connectivity index (χ3v) is 1.04. The highest BCUT2D eigenvalue weighted by Gasteiger charge is 2.01. The molecule has 0 aromatic heterocycles. The number of rotatable bonds is 1. The van der Waals surface area contributed by atoms with Gasteiger partial charge in [0.25, 0.3) is 0 Å². The molecule has 0 spiro atoms. The Morgan fingerprint density at radius 1 is 1.38 bits per heavy atom. The van der Waals surface area contributed by atoms with Gasteiger partial charge in [0.2, 0.25) is 0 Å². The molecule has 0 aromatic rings. The average Bonchev–Trinajstić information content (AvgIpc) is 2.14. The minimum atomic E-state index is 0. The van der Waals surface area contributed by atoms with Gasteiger partial charge in [-0.05, 0) is 0 Å². The molecule has 1 heterocycles. The Bertz CT molecular complexity index is 72.6. The van der Waals surface area contributed by atoms with Crippen molar-refractivity contribution < 1.29 is 4.84 Å². The van der Waals surface area contributed by atoms with Gasteiger partial charge in [-0.2, -0.15) is 5.06 Å². The number of hydrogen-bond donors (Lipinski definition) is 0. The molecular weight excluding hydrogens is 102 g/mol. The van der Waals surface area contributed by atoms with Crippen LogP contribution in [0.1, 0.15) is 7.43 Å². The Balaban J connectivity index is 0.000000490. The van der Waals surface area contributed by atoms with E-state index in [4.69, 9.17) is 4.84 Å². The Morgan fingerprint density at radius 3 is 2.12 bits per heavy atom. The highest BCUT2D eigenvalue weighted by Crippen LogP contribution is 1.95. The molecular formula is C6H13NO. The molecule has 0 amide bonds. The zero-order valence-corrected chi connectivity index (χ0v) is 4.42. The van der Waals surface area contributed by atoms with E-state index in [1.807, 2.05) is 5.06 Å². The van der Waals surface area contributed by atoms with Crippen LogP contribution < -0.4 is 0 Å². The molecule has 0 aliphatic carbocycles. The predicted molar refractivity (Wildman–Crippen MR) is 34.5 cm³/mol. The Kier molecular flexibility index (Phi) is 3.48. The number of nitrogens with zero attached hydrogens (tertiary/aromatic N) is 1. The van der Waals surface area contributed by atoms with Crippen molar-refractivity contribution in [3.8, 4) is 0 Å². The summed E-state index contributed by atoms with van der Waals surface area (Å²) >= 11 is 0. The summed E-state index contributed by atoms with van der Waals surface area (Å²) in [6, 6.07) is 0. The van der Waals surface area contributed by atoms with Crippen LogP contribution in [0.2, 0.25) is 0 Å². The lowest BCUT2D eigenvalue weighted by Crippen LogP contribution is -2.17. The Labute approximate surface area is 50.7 Å². The van der Waals surface area contributed by atoms with Crippen LogP contribution in [0.4, 0.5) is 0 Å². The largest absolute Gasteiger partial charge is 0.302 e. The van der Waals surface area contributed by atoms with Gasteiger partial charge >= 0.3 is 0 Å². The van der Waals surface area contributed by atoms with E-state index in [1.165, 1.54) is 0 Å². The fourth-order valence-electron chi connectivity index (χ4n) is 0.608. The van der Waals surface area contributed by atoms with Gasteiger partial charge in [-0.1, -0.05) is 19.6 Å². The van der Waals surface area contributed by atoms with Crippen LogP contribution in [0, 0.1) is 0 Å².